The number of amides is 1. The Morgan fingerprint density at radius 3 is 2.80 bits per heavy atom. The molecular formula is C16H25N3O. The predicted molar refractivity (Wildman–Crippen MR) is 81.2 cm³/mol. The molecular weight excluding hydrogens is 250 g/mol. The fourth-order valence-corrected chi connectivity index (χ4v) is 2.82. The molecule has 20 heavy (non-hydrogen) atoms. The summed E-state index contributed by atoms with van der Waals surface area (Å²) >= 11 is 0. The van der Waals surface area contributed by atoms with Crippen molar-refractivity contribution in [3.05, 3.63) is 35.9 Å². The van der Waals surface area contributed by atoms with Crippen molar-refractivity contribution in [3.63, 3.8) is 0 Å². The van der Waals surface area contributed by atoms with Crippen LogP contribution < -0.4 is 5.73 Å². The van der Waals surface area contributed by atoms with Gasteiger partial charge in [0.05, 0.1) is 6.54 Å². The first-order chi connectivity index (χ1) is 9.74. The van der Waals surface area contributed by atoms with Crippen molar-refractivity contribution < 1.29 is 4.79 Å². The number of carbonyl (C=O) groups excluding carboxylic acids is 1. The highest BCUT2D eigenvalue weighted by molar-refractivity contribution is 5.78. The summed E-state index contributed by atoms with van der Waals surface area (Å²) in [5.41, 5.74) is 6.95. The van der Waals surface area contributed by atoms with E-state index in [4.69, 9.17) is 5.73 Å². The molecule has 1 aliphatic rings. The zero-order valence-corrected chi connectivity index (χ0v) is 12.3. The molecule has 4 heteroatoms. The first-order valence-electron chi connectivity index (χ1n) is 7.50. The highest BCUT2D eigenvalue weighted by atomic mass is 16.2. The molecule has 1 aliphatic heterocycles. The molecule has 0 saturated carbocycles. The molecule has 2 rings (SSSR count). The van der Waals surface area contributed by atoms with Gasteiger partial charge < -0.3 is 10.6 Å². The van der Waals surface area contributed by atoms with Crippen LogP contribution in [0.25, 0.3) is 0 Å². The van der Waals surface area contributed by atoms with Crippen LogP contribution in [0.1, 0.15) is 25.3 Å². The molecule has 4 nitrogen and oxygen atoms in total. The number of benzene rings is 1. The van der Waals surface area contributed by atoms with E-state index in [0.29, 0.717) is 25.7 Å². The van der Waals surface area contributed by atoms with Crippen LogP contribution in [0.5, 0.6) is 0 Å². The number of rotatable bonds is 6. The van der Waals surface area contributed by atoms with Gasteiger partial charge in [-0.05, 0) is 31.9 Å². The monoisotopic (exact) mass is 275 g/mol. The Morgan fingerprint density at radius 2 is 2.15 bits per heavy atom. The standard InChI is InChI=1S/C16H25N3O/c1-2-18(12-14-7-4-3-5-8-14)16(20)13-19-10-6-9-15(19)11-17/h3-5,7-8,15H,2,6,9-13,17H2,1H3. The molecule has 0 radical (unpaired) electrons. The third kappa shape index (κ3) is 3.81. The molecule has 1 saturated heterocycles. The third-order valence-electron chi connectivity index (χ3n) is 4.06. The molecule has 1 unspecified atom stereocenters. The molecule has 1 amide bonds. The summed E-state index contributed by atoms with van der Waals surface area (Å²) in [6.45, 7) is 5.62. The van der Waals surface area contributed by atoms with E-state index in [1.54, 1.807) is 0 Å². The van der Waals surface area contributed by atoms with Crippen LogP contribution in [0.2, 0.25) is 0 Å². The average Bonchev–Trinajstić information content (AvgIpc) is 2.92. The van der Waals surface area contributed by atoms with Crippen molar-refractivity contribution in [3.8, 4) is 0 Å². The molecule has 0 bridgehead atoms. The average molecular weight is 275 g/mol. The maximum absolute atomic E-state index is 12.4. The van der Waals surface area contributed by atoms with E-state index in [0.717, 1.165) is 25.9 Å². The summed E-state index contributed by atoms with van der Waals surface area (Å²) in [5.74, 6) is 0.205. The number of likely N-dealkylation sites (N-methyl/N-ethyl adjacent to an activating group) is 1. The Kier molecular flexibility index (Phi) is 5.56. The summed E-state index contributed by atoms with van der Waals surface area (Å²) in [6, 6.07) is 10.5. The minimum Gasteiger partial charge on any atom is -0.338 e. The van der Waals surface area contributed by atoms with Crippen molar-refractivity contribution in [2.24, 2.45) is 5.73 Å². The molecule has 1 aromatic carbocycles. The van der Waals surface area contributed by atoms with Crippen molar-refractivity contribution in [2.75, 3.05) is 26.2 Å². The second-order valence-corrected chi connectivity index (χ2v) is 5.40. The van der Waals surface area contributed by atoms with Crippen LogP contribution in [0.3, 0.4) is 0 Å². The first-order valence-corrected chi connectivity index (χ1v) is 7.50. The summed E-state index contributed by atoms with van der Waals surface area (Å²) in [4.78, 5) is 16.6. The maximum atomic E-state index is 12.4. The number of hydrogen-bond donors (Lipinski definition) is 1. The van der Waals surface area contributed by atoms with Crippen LogP contribution in [0, 0.1) is 0 Å². The molecule has 0 aliphatic carbocycles. The van der Waals surface area contributed by atoms with Gasteiger partial charge >= 0.3 is 0 Å². The molecule has 1 aromatic rings. The van der Waals surface area contributed by atoms with Gasteiger partial charge in [0, 0.05) is 25.7 Å². The summed E-state index contributed by atoms with van der Waals surface area (Å²) in [6.07, 6.45) is 2.27. The van der Waals surface area contributed by atoms with Gasteiger partial charge in [0.15, 0.2) is 0 Å². The Bertz CT molecular complexity index is 421. The molecule has 110 valence electrons. The zero-order chi connectivity index (χ0) is 14.4. The van der Waals surface area contributed by atoms with E-state index in [9.17, 15) is 4.79 Å². The molecule has 2 N–H and O–H groups in total. The van der Waals surface area contributed by atoms with Gasteiger partial charge in [-0.3, -0.25) is 9.69 Å². The normalized spacial score (nSPS) is 19.2. The van der Waals surface area contributed by atoms with Crippen LogP contribution in [-0.2, 0) is 11.3 Å². The Morgan fingerprint density at radius 1 is 1.40 bits per heavy atom. The van der Waals surface area contributed by atoms with Gasteiger partial charge in [0.25, 0.3) is 0 Å². The Balaban J connectivity index is 1.92. The Labute approximate surface area is 121 Å². The van der Waals surface area contributed by atoms with Gasteiger partial charge in [-0.1, -0.05) is 30.3 Å². The van der Waals surface area contributed by atoms with Crippen LogP contribution in [0.4, 0.5) is 0 Å². The van der Waals surface area contributed by atoms with Gasteiger partial charge in [-0.25, -0.2) is 0 Å². The summed E-state index contributed by atoms with van der Waals surface area (Å²) < 4.78 is 0. The first kappa shape index (κ1) is 15.0. The SMILES string of the molecule is CCN(Cc1ccccc1)C(=O)CN1CCCC1CN. The van der Waals surface area contributed by atoms with E-state index in [-0.39, 0.29) is 5.91 Å². The Hall–Kier alpha value is -1.39. The van der Waals surface area contributed by atoms with Gasteiger partial charge in [0.2, 0.25) is 5.91 Å². The lowest BCUT2D eigenvalue weighted by Crippen LogP contribution is -2.44. The number of nitrogens with zero attached hydrogens (tertiary/aromatic N) is 2. The molecule has 0 spiro atoms. The minimum atomic E-state index is 0.205. The third-order valence-corrected chi connectivity index (χ3v) is 4.06. The van der Waals surface area contributed by atoms with Crippen molar-refractivity contribution in [2.45, 2.75) is 32.4 Å². The molecule has 0 aromatic heterocycles. The number of likely N-dealkylation sites (tertiary alicyclic amines) is 1. The highest BCUT2D eigenvalue weighted by Crippen LogP contribution is 2.16. The van der Waals surface area contributed by atoms with E-state index < -0.39 is 0 Å². The van der Waals surface area contributed by atoms with Crippen molar-refractivity contribution >= 4 is 5.91 Å². The van der Waals surface area contributed by atoms with Gasteiger partial charge in [0.1, 0.15) is 0 Å². The predicted octanol–water partition coefficient (Wildman–Crippen LogP) is 1.46. The lowest BCUT2D eigenvalue weighted by atomic mass is 10.2. The highest BCUT2D eigenvalue weighted by Gasteiger charge is 2.26. The second-order valence-electron chi connectivity index (χ2n) is 5.40. The van der Waals surface area contributed by atoms with E-state index in [1.165, 1.54) is 5.56 Å². The van der Waals surface area contributed by atoms with E-state index >= 15 is 0 Å². The van der Waals surface area contributed by atoms with E-state index in [2.05, 4.69) is 17.0 Å². The number of nitrogens with two attached hydrogens (primary N) is 1. The molecule has 1 atom stereocenters. The van der Waals surface area contributed by atoms with Crippen molar-refractivity contribution in [1.82, 2.24) is 9.80 Å². The maximum Gasteiger partial charge on any atom is 0.237 e. The smallest absolute Gasteiger partial charge is 0.237 e. The fourth-order valence-electron chi connectivity index (χ4n) is 2.82. The largest absolute Gasteiger partial charge is 0.338 e. The lowest BCUT2D eigenvalue weighted by molar-refractivity contribution is -0.133. The quantitative estimate of drug-likeness (QED) is 0.855. The second kappa shape index (κ2) is 7.41. The van der Waals surface area contributed by atoms with Crippen molar-refractivity contribution in [1.29, 1.82) is 0 Å². The number of hydrogen-bond acceptors (Lipinski definition) is 3. The summed E-state index contributed by atoms with van der Waals surface area (Å²) in [7, 11) is 0. The number of carbonyl (C=O) groups is 1. The van der Waals surface area contributed by atoms with Gasteiger partial charge in [-0.15, -0.1) is 0 Å². The minimum absolute atomic E-state index is 0.205. The van der Waals surface area contributed by atoms with Gasteiger partial charge in [-0.2, -0.15) is 0 Å². The molecule has 1 fully saturated rings. The summed E-state index contributed by atoms with van der Waals surface area (Å²) in [5, 5.41) is 0. The zero-order valence-electron chi connectivity index (χ0n) is 12.3. The van der Waals surface area contributed by atoms with Crippen LogP contribution >= 0.6 is 0 Å². The topological polar surface area (TPSA) is 49.6 Å². The lowest BCUT2D eigenvalue weighted by Gasteiger charge is -2.27. The molecule has 1 heterocycles. The van der Waals surface area contributed by atoms with E-state index in [1.807, 2.05) is 30.0 Å². The fraction of sp³-hybridized carbons (Fsp3) is 0.562. The van der Waals surface area contributed by atoms with Crippen LogP contribution in [-0.4, -0.2) is 47.9 Å². The van der Waals surface area contributed by atoms with Crippen LogP contribution in [0.15, 0.2) is 30.3 Å².